The number of nitrogens with one attached hydrogen (secondary N) is 1. The number of sulfonamides is 1. The fourth-order valence-corrected chi connectivity index (χ4v) is 4.29. The van der Waals surface area contributed by atoms with Gasteiger partial charge in [-0.25, -0.2) is 8.42 Å². The standard InChI is InChI=1S/C18H19NO4S/c1-2-12-3-5-14(6-4-12)24(20,21)19-17-15-8-10-22-16(15)11-13-7-9-23-18(13)17/h3-6,11,19H,2,7-10H2,1H3. The van der Waals surface area contributed by atoms with Gasteiger partial charge in [0, 0.05) is 24.0 Å². The maximum absolute atomic E-state index is 12.8. The minimum absolute atomic E-state index is 0.253. The molecule has 0 saturated heterocycles. The summed E-state index contributed by atoms with van der Waals surface area (Å²) in [5.74, 6) is 1.41. The Morgan fingerprint density at radius 2 is 1.83 bits per heavy atom. The normalized spacial score (nSPS) is 15.4. The van der Waals surface area contributed by atoms with Gasteiger partial charge in [0.05, 0.1) is 23.8 Å². The van der Waals surface area contributed by atoms with Crippen molar-refractivity contribution in [1.29, 1.82) is 0 Å². The third kappa shape index (κ3) is 2.51. The zero-order chi connectivity index (χ0) is 16.7. The van der Waals surface area contributed by atoms with Crippen molar-refractivity contribution in [2.24, 2.45) is 0 Å². The van der Waals surface area contributed by atoms with Crippen LogP contribution in [0.5, 0.6) is 11.5 Å². The van der Waals surface area contributed by atoms with Crippen molar-refractivity contribution < 1.29 is 17.9 Å². The Balaban J connectivity index is 1.75. The minimum atomic E-state index is -3.67. The van der Waals surface area contributed by atoms with Gasteiger partial charge in [-0.15, -0.1) is 0 Å². The molecule has 5 nitrogen and oxygen atoms in total. The lowest BCUT2D eigenvalue weighted by atomic mass is 10.0. The third-order valence-corrected chi connectivity index (χ3v) is 5.89. The average Bonchev–Trinajstić information content (AvgIpc) is 3.23. The zero-order valence-electron chi connectivity index (χ0n) is 13.5. The lowest BCUT2D eigenvalue weighted by Crippen LogP contribution is -2.15. The molecule has 0 fully saturated rings. The van der Waals surface area contributed by atoms with Crippen LogP contribution < -0.4 is 14.2 Å². The van der Waals surface area contributed by atoms with Gasteiger partial charge in [0.25, 0.3) is 10.0 Å². The molecule has 0 radical (unpaired) electrons. The van der Waals surface area contributed by atoms with E-state index in [-0.39, 0.29) is 4.90 Å². The predicted octanol–water partition coefficient (Wildman–Crippen LogP) is 2.92. The van der Waals surface area contributed by atoms with Crippen LogP contribution in [0.2, 0.25) is 0 Å². The number of hydrogen-bond donors (Lipinski definition) is 1. The van der Waals surface area contributed by atoms with Gasteiger partial charge in [-0.05, 0) is 30.2 Å². The Kier molecular flexibility index (Phi) is 3.64. The van der Waals surface area contributed by atoms with E-state index in [1.54, 1.807) is 12.1 Å². The molecule has 2 aromatic rings. The molecule has 0 saturated carbocycles. The number of hydrogen-bond acceptors (Lipinski definition) is 4. The first kappa shape index (κ1) is 15.3. The van der Waals surface area contributed by atoms with E-state index in [1.165, 1.54) is 0 Å². The number of benzene rings is 2. The Hall–Kier alpha value is -2.21. The molecule has 2 aliphatic heterocycles. The SMILES string of the molecule is CCc1ccc(S(=O)(=O)Nc2c3c(cc4c2OCC4)OCC3)cc1. The topological polar surface area (TPSA) is 64.6 Å². The molecule has 126 valence electrons. The van der Waals surface area contributed by atoms with Crippen LogP contribution in [0.15, 0.2) is 35.2 Å². The molecule has 2 heterocycles. The number of rotatable bonds is 4. The van der Waals surface area contributed by atoms with Crippen LogP contribution in [0.3, 0.4) is 0 Å². The van der Waals surface area contributed by atoms with Crippen LogP contribution in [0.4, 0.5) is 5.69 Å². The summed E-state index contributed by atoms with van der Waals surface area (Å²) in [4.78, 5) is 0.253. The highest BCUT2D eigenvalue weighted by molar-refractivity contribution is 7.92. The summed E-state index contributed by atoms with van der Waals surface area (Å²) >= 11 is 0. The molecule has 24 heavy (non-hydrogen) atoms. The Bertz CT molecular complexity index is 856. The molecule has 2 aliphatic rings. The molecule has 0 spiro atoms. The van der Waals surface area contributed by atoms with E-state index in [0.29, 0.717) is 31.1 Å². The Morgan fingerprint density at radius 3 is 2.58 bits per heavy atom. The van der Waals surface area contributed by atoms with Crippen LogP contribution >= 0.6 is 0 Å². The fraction of sp³-hybridized carbons (Fsp3) is 0.333. The van der Waals surface area contributed by atoms with Crippen molar-refractivity contribution in [1.82, 2.24) is 0 Å². The van der Waals surface area contributed by atoms with Gasteiger partial charge < -0.3 is 9.47 Å². The molecule has 2 aromatic carbocycles. The number of ether oxygens (including phenoxy) is 2. The molecule has 0 unspecified atom stereocenters. The minimum Gasteiger partial charge on any atom is -0.493 e. The van der Waals surface area contributed by atoms with Crippen LogP contribution in [0, 0.1) is 0 Å². The van der Waals surface area contributed by atoms with Crippen LogP contribution in [-0.4, -0.2) is 21.6 Å². The summed E-state index contributed by atoms with van der Waals surface area (Å²) in [6.07, 6.45) is 2.32. The van der Waals surface area contributed by atoms with Gasteiger partial charge in [-0.3, -0.25) is 4.72 Å². The number of aryl methyl sites for hydroxylation is 1. The summed E-state index contributed by atoms with van der Waals surface area (Å²) in [5.41, 5.74) is 3.52. The zero-order valence-corrected chi connectivity index (χ0v) is 14.3. The summed E-state index contributed by atoms with van der Waals surface area (Å²) < 4.78 is 39.6. The van der Waals surface area contributed by atoms with Crippen molar-refractivity contribution >= 4 is 15.7 Å². The molecule has 6 heteroatoms. The number of fused-ring (bicyclic) bond motifs is 2. The van der Waals surface area contributed by atoms with Gasteiger partial charge >= 0.3 is 0 Å². The molecular formula is C18H19NO4S. The molecule has 0 amide bonds. The molecule has 0 aliphatic carbocycles. The lowest BCUT2D eigenvalue weighted by Gasteiger charge is -2.15. The second-order valence-corrected chi connectivity index (χ2v) is 7.70. The Morgan fingerprint density at radius 1 is 1.08 bits per heavy atom. The van der Waals surface area contributed by atoms with Crippen LogP contribution in [0.1, 0.15) is 23.6 Å². The van der Waals surface area contributed by atoms with E-state index < -0.39 is 10.0 Å². The highest BCUT2D eigenvalue weighted by atomic mass is 32.2. The summed E-state index contributed by atoms with van der Waals surface area (Å²) in [6, 6.07) is 8.93. The summed E-state index contributed by atoms with van der Waals surface area (Å²) in [5, 5.41) is 0. The summed E-state index contributed by atoms with van der Waals surface area (Å²) in [6.45, 7) is 3.17. The lowest BCUT2D eigenvalue weighted by molar-refractivity contribution is 0.356. The van der Waals surface area contributed by atoms with Gasteiger partial charge in [-0.1, -0.05) is 19.1 Å². The second-order valence-electron chi connectivity index (χ2n) is 6.02. The van der Waals surface area contributed by atoms with Crippen molar-refractivity contribution in [3.63, 3.8) is 0 Å². The van der Waals surface area contributed by atoms with E-state index in [0.717, 1.165) is 35.3 Å². The maximum atomic E-state index is 12.8. The highest BCUT2D eigenvalue weighted by Crippen LogP contribution is 2.45. The Labute approximate surface area is 141 Å². The van der Waals surface area contributed by atoms with Crippen molar-refractivity contribution in [2.75, 3.05) is 17.9 Å². The molecule has 0 atom stereocenters. The molecule has 4 rings (SSSR count). The van der Waals surface area contributed by atoms with Crippen LogP contribution in [0.25, 0.3) is 0 Å². The predicted molar refractivity (Wildman–Crippen MR) is 91.5 cm³/mol. The monoisotopic (exact) mass is 345 g/mol. The molecule has 1 N–H and O–H groups in total. The fourth-order valence-electron chi connectivity index (χ4n) is 3.19. The molecular weight excluding hydrogens is 326 g/mol. The van der Waals surface area contributed by atoms with Gasteiger partial charge in [0.15, 0.2) is 0 Å². The summed E-state index contributed by atoms with van der Waals surface area (Å²) in [7, 11) is -3.67. The van der Waals surface area contributed by atoms with Gasteiger partial charge in [-0.2, -0.15) is 0 Å². The largest absolute Gasteiger partial charge is 0.493 e. The number of anilines is 1. The van der Waals surface area contributed by atoms with E-state index in [4.69, 9.17) is 9.47 Å². The third-order valence-electron chi connectivity index (χ3n) is 4.53. The van der Waals surface area contributed by atoms with E-state index in [2.05, 4.69) is 4.72 Å². The maximum Gasteiger partial charge on any atom is 0.262 e. The second kappa shape index (κ2) is 5.70. The van der Waals surface area contributed by atoms with Crippen molar-refractivity contribution in [3.8, 4) is 11.5 Å². The first-order valence-corrected chi connectivity index (χ1v) is 9.63. The molecule has 0 bridgehead atoms. The average molecular weight is 345 g/mol. The van der Waals surface area contributed by atoms with Crippen LogP contribution in [-0.2, 0) is 29.3 Å². The quantitative estimate of drug-likeness (QED) is 0.925. The van der Waals surface area contributed by atoms with Crippen molar-refractivity contribution in [2.45, 2.75) is 31.1 Å². The van der Waals surface area contributed by atoms with Gasteiger partial charge in [0.1, 0.15) is 11.5 Å². The smallest absolute Gasteiger partial charge is 0.262 e. The first-order chi connectivity index (χ1) is 11.6. The molecule has 0 aromatic heterocycles. The van der Waals surface area contributed by atoms with E-state index in [9.17, 15) is 8.42 Å². The van der Waals surface area contributed by atoms with E-state index in [1.807, 2.05) is 25.1 Å². The first-order valence-electron chi connectivity index (χ1n) is 8.14. The van der Waals surface area contributed by atoms with Gasteiger partial charge in [0.2, 0.25) is 0 Å². The van der Waals surface area contributed by atoms with Crippen molar-refractivity contribution in [3.05, 3.63) is 47.0 Å². The van der Waals surface area contributed by atoms with E-state index >= 15 is 0 Å². The highest BCUT2D eigenvalue weighted by Gasteiger charge is 2.29.